The number of aliphatic hydroxyl groups excluding tert-OH is 2. The van der Waals surface area contributed by atoms with Gasteiger partial charge in [0.2, 0.25) is 0 Å². The van der Waals surface area contributed by atoms with Crippen molar-refractivity contribution in [3.63, 3.8) is 0 Å². The number of nitrogens with one attached hydrogen (secondary N) is 2. The molecule has 2 saturated carbocycles. The molecule has 6 N–H and O–H groups in total. The molecule has 0 spiro atoms. The molecule has 4 rings (SSSR count). The molecule has 2 saturated heterocycles. The molecule has 0 aromatic heterocycles. The van der Waals surface area contributed by atoms with Crippen LogP contribution in [0.15, 0.2) is 0 Å². The van der Waals surface area contributed by atoms with Crippen molar-refractivity contribution in [2.24, 2.45) is 29.4 Å². The molecule has 0 amide bonds. The number of nitrogens with two attached hydrogens (primary N) is 1. The zero-order valence-electron chi connectivity index (χ0n) is 17.6. The van der Waals surface area contributed by atoms with Crippen molar-refractivity contribution in [2.75, 3.05) is 19.6 Å². The highest BCUT2D eigenvalue weighted by Gasteiger charge is 2.56. The molecule has 4 aliphatic rings. The smallest absolute Gasteiger partial charge is 0.168 e. The van der Waals surface area contributed by atoms with Crippen LogP contribution in [0.25, 0.3) is 0 Å². The van der Waals surface area contributed by atoms with E-state index in [1.807, 2.05) is 4.90 Å². The lowest BCUT2D eigenvalue weighted by atomic mass is 9.85. The first-order chi connectivity index (χ1) is 13.6. The van der Waals surface area contributed by atoms with E-state index in [9.17, 15) is 10.2 Å². The molecule has 7 nitrogen and oxygen atoms in total. The van der Waals surface area contributed by atoms with Crippen LogP contribution in [0.3, 0.4) is 0 Å². The molecule has 0 radical (unpaired) electrons. The molecule has 7 heteroatoms. The standard InChI is InChI=1S/C21H41N5O2/c1-3-10-25-19-17(20(27)26(11-4-2)21(25)28)23-18(24-19)16-12-13-7-8-15(16)14(13)6-5-9-22/h13-21,23-24,27-28H,3-12,22H2,1-2H3. The van der Waals surface area contributed by atoms with E-state index in [-0.39, 0.29) is 18.4 Å². The Balaban J connectivity index is 1.48. The van der Waals surface area contributed by atoms with Gasteiger partial charge in [-0.2, -0.15) is 0 Å². The third-order valence-electron chi connectivity index (χ3n) is 7.96. The highest BCUT2D eigenvalue weighted by atomic mass is 16.3. The molecule has 0 aromatic carbocycles. The van der Waals surface area contributed by atoms with E-state index in [4.69, 9.17) is 5.73 Å². The van der Waals surface area contributed by atoms with E-state index in [1.54, 1.807) is 0 Å². The van der Waals surface area contributed by atoms with E-state index in [1.165, 1.54) is 25.7 Å². The maximum absolute atomic E-state index is 11.0. The molecule has 0 aromatic rings. The van der Waals surface area contributed by atoms with Crippen LogP contribution in [-0.2, 0) is 0 Å². The maximum Gasteiger partial charge on any atom is 0.168 e. The quantitative estimate of drug-likeness (QED) is 0.411. The van der Waals surface area contributed by atoms with Crippen LogP contribution < -0.4 is 16.4 Å². The second-order valence-corrected chi connectivity index (χ2v) is 9.51. The fraction of sp³-hybridized carbons (Fsp3) is 1.00. The Labute approximate surface area is 170 Å². The summed E-state index contributed by atoms with van der Waals surface area (Å²) in [5.74, 6) is 3.08. The fourth-order valence-corrected chi connectivity index (χ4v) is 6.85. The average Bonchev–Trinajstić information content (AvgIpc) is 3.39. The first-order valence-corrected chi connectivity index (χ1v) is 11.7. The Kier molecular flexibility index (Phi) is 6.62. The van der Waals surface area contributed by atoms with E-state index < -0.39 is 12.6 Å². The van der Waals surface area contributed by atoms with Gasteiger partial charge in [0.25, 0.3) is 0 Å². The van der Waals surface area contributed by atoms with Crippen LogP contribution in [-0.4, -0.2) is 70.6 Å². The zero-order chi connectivity index (χ0) is 19.8. The normalized spacial score (nSPS) is 46.4. The molecular weight excluding hydrogens is 354 g/mol. The zero-order valence-corrected chi connectivity index (χ0v) is 17.6. The SMILES string of the molecule is CCCN1C(O)C2NC(C3CC4CCC3C4CCCN)NC2N(CCC)C1O. The first-order valence-electron chi connectivity index (χ1n) is 11.7. The fourth-order valence-electron chi connectivity index (χ4n) is 6.85. The lowest BCUT2D eigenvalue weighted by Gasteiger charge is -2.49. The molecule has 28 heavy (non-hydrogen) atoms. The van der Waals surface area contributed by atoms with Crippen molar-refractivity contribution in [3.8, 4) is 0 Å². The molecule has 2 aliphatic heterocycles. The lowest BCUT2D eigenvalue weighted by molar-refractivity contribution is -0.230. The van der Waals surface area contributed by atoms with Crippen molar-refractivity contribution in [2.45, 2.75) is 89.7 Å². The Hall–Kier alpha value is -0.280. The largest absolute Gasteiger partial charge is 0.376 e. The summed E-state index contributed by atoms with van der Waals surface area (Å²) in [5, 5.41) is 29.5. The number of aliphatic hydroxyl groups is 2. The van der Waals surface area contributed by atoms with Crippen LogP contribution in [0, 0.1) is 23.7 Å². The number of nitrogens with zero attached hydrogens (tertiary/aromatic N) is 2. The highest BCUT2D eigenvalue weighted by molar-refractivity contribution is 5.07. The van der Waals surface area contributed by atoms with E-state index in [2.05, 4.69) is 29.4 Å². The minimum Gasteiger partial charge on any atom is -0.376 e. The second-order valence-electron chi connectivity index (χ2n) is 9.51. The Bertz CT molecular complexity index is 523. The second kappa shape index (κ2) is 8.84. The first kappa shape index (κ1) is 21.0. The summed E-state index contributed by atoms with van der Waals surface area (Å²) in [6.45, 7) is 6.57. The van der Waals surface area contributed by atoms with Crippen LogP contribution in [0.4, 0.5) is 0 Å². The van der Waals surface area contributed by atoms with Gasteiger partial charge in [0.15, 0.2) is 6.35 Å². The molecule has 162 valence electrons. The number of hydrogen-bond acceptors (Lipinski definition) is 7. The van der Waals surface area contributed by atoms with Gasteiger partial charge in [0, 0.05) is 13.1 Å². The van der Waals surface area contributed by atoms with Crippen molar-refractivity contribution in [1.29, 1.82) is 0 Å². The summed E-state index contributed by atoms with van der Waals surface area (Å²) in [7, 11) is 0. The predicted octanol–water partition coefficient (Wildman–Crippen LogP) is 0.633. The van der Waals surface area contributed by atoms with Gasteiger partial charge in [-0.25, -0.2) is 9.80 Å². The van der Waals surface area contributed by atoms with Crippen LogP contribution in [0.2, 0.25) is 0 Å². The van der Waals surface area contributed by atoms with Crippen LogP contribution in [0.5, 0.6) is 0 Å². The maximum atomic E-state index is 11.0. The molecule has 4 fully saturated rings. The summed E-state index contributed by atoms with van der Waals surface area (Å²) < 4.78 is 0. The predicted molar refractivity (Wildman–Crippen MR) is 110 cm³/mol. The number of rotatable bonds is 8. The summed E-state index contributed by atoms with van der Waals surface area (Å²) >= 11 is 0. The molecule has 2 bridgehead atoms. The summed E-state index contributed by atoms with van der Waals surface area (Å²) in [5.41, 5.74) is 5.78. The monoisotopic (exact) mass is 395 g/mol. The van der Waals surface area contributed by atoms with Gasteiger partial charge in [0.1, 0.15) is 6.23 Å². The van der Waals surface area contributed by atoms with Crippen LogP contribution in [0.1, 0.15) is 58.8 Å². The Morgan fingerprint density at radius 2 is 1.75 bits per heavy atom. The van der Waals surface area contributed by atoms with E-state index >= 15 is 0 Å². The van der Waals surface area contributed by atoms with Gasteiger partial charge < -0.3 is 15.9 Å². The van der Waals surface area contributed by atoms with Crippen molar-refractivity contribution in [1.82, 2.24) is 20.4 Å². The Morgan fingerprint density at radius 3 is 2.46 bits per heavy atom. The van der Waals surface area contributed by atoms with E-state index in [0.29, 0.717) is 12.5 Å². The average molecular weight is 396 g/mol. The highest BCUT2D eigenvalue weighted by Crippen LogP contribution is 2.55. The lowest BCUT2D eigenvalue weighted by Crippen LogP contribution is -2.71. The van der Waals surface area contributed by atoms with Gasteiger partial charge in [-0.05, 0) is 75.2 Å². The van der Waals surface area contributed by atoms with Gasteiger partial charge in [-0.15, -0.1) is 0 Å². The third kappa shape index (κ3) is 3.53. The molecule has 9 unspecified atom stereocenters. The number of hydrogen-bond donors (Lipinski definition) is 5. The summed E-state index contributed by atoms with van der Waals surface area (Å²) in [6.07, 6.45) is 7.16. The van der Waals surface area contributed by atoms with Gasteiger partial charge in [-0.3, -0.25) is 10.6 Å². The van der Waals surface area contributed by atoms with Crippen molar-refractivity contribution >= 4 is 0 Å². The van der Waals surface area contributed by atoms with Gasteiger partial charge >= 0.3 is 0 Å². The summed E-state index contributed by atoms with van der Waals surface area (Å²) in [6, 6.07) is -0.0619. The molecular formula is C21H41N5O2. The van der Waals surface area contributed by atoms with Crippen molar-refractivity contribution < 1.29 is 10.2 Å². The number of fused-ring (bicyclic) bond motifs is 3. The molecule has 2 heterocycles. The minimum absolute atomic E-state index is 0.00956. The van der Waals surface area contributed by atoms with E-state index in [0.717, 1.165) is 50.1 Å². The molecule has 9 atom stereocenters. The summed E-state index contributed by atoms with van der Waals surface area (Å²) in [4.78, 5) is 3.98. The Morgan fingerprint density at radius 1 is 1.00 bits per heavy atom. The van der Waals surface area contributed by atoms with Crippen molar-refractivity contribution in [3.05, 3.63) is 0 Å². The molecule has 2 aliphatic carbocycles. The minimum atomic E-state index is -0.721. The third-order valence-corrected chi connectivity index (χ3v) is 7.96. The topological polar surface area (TPSA) is 97.0 Å². The van der Waals surface area contributed by atoms with Gasteiger partial charge in [-0.1, -0.05) is 13.8 Å². The van der Waals surface area contributed by atoms with Gasteiger partial charge in [0.05, 0.1) is 18.4 Å². The van der Waals surface area contributed by atoms with Crippen LogP contribution >= 0.6 is 0 Å².